The summed E-state index contributed by atoms with van der Waals surface area (Å²) in [5, 5.41) is 0. The van der Waals surface area contributed by atoms with Crippen LogP contribution in [0.2, 0.25) is 0 Å². The van der Waals surface area contributed by atoms with Gasteiger partial charge in [0.15, 0.2) is 6.07 Å². The van der Waals surface area contributed by atoms with Crippen LogP contribution in [0.3, 0.4) is 0 Å². The van der Waals surface area contributed by atoms with Crippen LogP contribution in [0.15, 0.2) is 0 Å². The third kappa shape index (κ3) is 5.21. The van der Waals surface area contributed by atoms with E-state index in [0.717, 1.165) is 0 Å². The highest BCUT2D eigenvalue weighted by Crippen LogP contribution is 2.11. The van der Waals surface area contributed by atoms with Crippen LogP contribution in [0.4, 0.5) is 4.79 Å². The monoisotopic (exact) mass is 251 g/mol. The third-order valence-corrected chi connectivity index (χ3v) is 1.91. The summed E-state index contributed by atoms with van der Waals surface area (Å²) >= 11 is 5.25. The first-order valence-corrected chi connectivity index (χ1v) is 5.41. The van der Waals surface area contributed by atoms with Gasteiger partial charge in [0.2, 0.25) is 0 Å². The molecule has 0 spiro atoms. The number of alkyl halides is 1. The van der Waals surface area contributed by atoms with Gasteiger partial charge in [-0.2, -0.15) is 0 Å². The van der Waals surface area contributed by atoms with Crippen molar-refractivity contribution in [3.63, 3.8) is 0 Å². The van der Waals surface area contributed by atoms with Gasteiger partial charge in [0, 0.05) is 7.05 Å². The van der Waals surface area contributed by atoms with Gasteiger partial charge in [-0.1, -0.05) is 11.6 Å². The molecule has 0 aliphatic carbocycles. The standard InChI is InChI=1S/C10H18ClNO4/c1-7(8(13)15-6-11)12(5)9(14)16-10(2,3)4/h7H,6H2,1-5H3/t7-/m0/s1. The van der Waals surface area contributed by atoms with E-state index in [1.807, 2.05) is 0 Å². The Morgan fingerprint density at radius 1 is 1.38 bits per heavy atom. The van der Waals surface area contributed by atoms with Gasteiger partial charge in [0.05, 0.1) is 0 Å². The van der Waals surface area contributed by atoms with Crippen LogP contribution in [0.1, 0.15) is 27.7 Å². The Hall–Kier alpha value is -0.970. The lowest BCUT2D eigenvalue weighted by atomic mass is 10.2. The molecule has 1 amide bonds. The molecule has 0 unspecified atom stereocenters. The largest absolute Gasteiger partial charge is 0.448 e. The third-order valence-electron chi connectivity index (χ3n) is 1.80. The van der Waals surface area contributed by atoms with Crippen molar-refractivity contribution in [3.05, 3.63) is 0 Å². The number of ether oxygens (including phenoxy) is 2. The molecule has 0 aromatic carbocycles. The van der Waals surface area contributed by atoms with E-state index >= 15 is 0 Å². The fraction of sp³-hybridized carbons (Fsp3) is 0.800. The fourth-order valence-electron chi connectivity index (χ4n) is 0.825. The highest BCUT2D eigenvalue weighted by Gasteiger charge is 2.27. The number of hydrogen-bond donors (Lipinski definition) is 0. The lowest BCUT2D eigenvalue weighted by Gasteiger charge is -2.27. The van der Waals surface area contributed by atoms with E-state index in [-0.39, 0.29) is 6.07 Å². The summed E-state index contributed by atoms with van der Waals surface area (Å²) < 4.78 is 9.68. The molecule has 0 aliphatic rings. The molecule has 94 valence electrons. The van der Waals surface area contributed by atoms with Crippen molar-refractivity contribution in [2.75, 3.05) is 13.1 Å². The lowest BCUT2D eigenvalue weighted by molar-refractivity contribution is -0.146. The first kappa shape index (κ1) is 15.0. The summed E-state index contributed by atoms with van der Waals surface area (Å²) in [4.78, 5) is 24.0. The Labute approximate surface area is 101 Å². The SMILES string of the molecule is C[C@@H](C(=O)OCCl)N(C)C(=O)OC(C)(C)C. The van der Waals surface area contributed by atoms with E-state index in [9.17, 15) is 9.59 Å². The van der Waals surface area contributed by atoms with E-state index in [2.05, 4.69) is 4.74 Å². The average molecular weight is 252 g/mol. The number of rotatable bonds is 3. The zero-order valence-corrected chi connectivity index (χ0v) is 11.0. The van der Waals surface area contributed by atoms with Crippen LogP contribution in [0, 0.1) is 0 Å². The molecule has 0 saturated carbocycles. The van der Waals surface area contributed by atoms with Crippen molar-refractivity contribution < 1.29 is 19.1 Å². The van der Waals surface area contributed by atoms with Crippen molar-refractivity contribution >= 4 is 23.7 Å². The van der Waals surface area contributed by atoms with Gasteiger partial charge in [-0.3, -0.25) is 4.90 Å². The summed E-state index contributed by atoms with van der Waals surface area (Å²) in [7, 11) is 1.47. The first-order valence-electron chi connectivity index (χ1n) is 4.87. The van der Waals surface area contributed by atoms with Gasteiger partial charge >= 0.3 is 12.1 Å². The van der Waals surface area contributed by atoms with E-state index in [0.29, 0.717) is 0 Å². The Balaban J connectivity index is 4.38. The second kappa shape index (κ2) is 5.94. The molecule has 0 aromatic rings. The number of esters is 1. The summed E-state index contributed by atoms with van der Waals surface area (Å²) in [6.45, 7) is 6.79. The molecule has 6 heteroatoms. The van der Waals surface area contributed by atoms with Gasteiger partial charge in [-0.15, -0.1) is 0 Å². The molecule has 0 heterocycles. The van der Waals surface area contributed by atoms with Crippen LogP contribution in [-0.4, -0.2) is 41.7 Å². The van der Waals surface area contributed by atoms with Crippen molar-refractivity contribution in [1.82, 2.24) is 4.90 Å². The lowest BCUT2D eigenvalue weighted by Crippen LogP contribution is -2.43. The van der Waals surface area contributed by atoms with Crippen molar-refractivity contribution in [2.45, 2.75) is 39.3 Å². The molecule has 0 N–H and O–H groups in total. The predicted molar refractivity (Wildman–Crippen MR) is 60.3 cm³/mol. The molecule has 0 saturated heterocycles. The number of nitrogens with zero attached hydrogens (tertiary/aromatic N) is 1. The topological polar surface area (TPSA) is 55.8 Å². The second-order valence-electron chi connectivity index (χ2n) is 4.34. The maximum absolute atomic E-state index is 11.6. The quantitative estimate of drug-likeness (QED) is 0.569. The number of halogens is 1. The smallest absolute Gasteiger partial charge is 0.410 e. The van der Waals surface area contributed by atoms with Crippen molar-refractivity contribution in [1.29, 1.82) is 0 Å². The minimum absolute atomic E-state index is 0.231. The van der Waals surface area contributed by atoms with Gasteiger partial charge in [0.1, 0.15) is 11.6 Å². The molecule has 0 aromatic heterocycles. The molecule has 0 fully saturated rings. The molecule has 0 rings (SSSR count). The number of carbonyl (C=O) groups is 2. The number of amides is 1. The Bertz CT molecular complexity index is 262. The van der Waals surface area contributed by atoms with Gasteiger partial charge in [0.25, 0.3) is 0 Å². The molecule has 0 radical (unpaired) electrons. The van der Waals surface area contributed by atoms with Gasteiger partial charge in [-0.25, -0.2) is 9.59 Å². The van der Waals surface area contributed by atoms with Gasteiger partial charge in [-0.05, 0) is 27.7 Å². The summed E-state index contributed by atoms with van der Waals surface area (Å²) in [6.07, 6.45) is -0.577. The van der Waals surface area contributed by atoms with E-state index in [1.54, 1.807) is 27.7 Å². The van der Waals surface area contributed by atoms with Crippen LogP contribution < -0.4 is 0 Å². The van der Waals surface area contributed by atoms with Crippen molar-refractivity contribution in [2.24, 2.45) is 0 Å². The van der Waals surface area contributed by atoms with Crippen LogP contribution >= 0.6 is 11.6 Å². The molecule has 16 heavy (non-hydrogen) atoms. The summed E-state index contributed by atoms with van der Waals surface area (Å²) in [5.74, 6) is -0.566. The van der Waals surface area contributed by atoms with Crippen LogP contribution in [0.5, 0.6) is 0 Å². The first-order chi connectivity index (χ1) is 7.19. The highest BCUT2D eigenvalue weighted by atomic mass is 35.5. The predicted octanol–water partition coefficient (Wildman–Crippen LogP) is 1.98. The van der Waals surface area contributed by atoms with E-state index in [4.69, 9.17) is 16.3 Å². The van der Waals surface area contributed by atoms with Crippen LogP contribution in [-0.2, 0) is 14.3 Å². The summed E-state index contributed by atoms with van der Waals surface area (Å²) in [5.41, 5.74) is -0.596. The van der Waals surface area contributed by atoms with E-state index in [1.165, 1.54) is 11.9 Å². The molecule has 1 atom stereocenters. The minimum Gasteiger partial charge on any atom is -0.448 e. The number of hydrogen-bond acceptors (Lipinski definition) is 4. The Morgan fingerprint density at radius 2 is 1.88 bits per heavy atom. The molecule has 0 bridgehead atoms. The zero-order valence-electron chi connectivity index (χ0n) is 10.2. The molecule has 5 nitrogen and oxygen atoms in total. The maximum Gasteiger partial charge on any atom is 0.410 e. The normalized spacial score (nSPS) is 12.9. The molecular formula is C10H18ClNO4. The number of likely N-dealkylation sites (N-methyl/N-ethyl adjacent to an activating group) is 1. The van der Waals surface area contributed by atoms with Gasteiger partial charge < -0.3 is 9.47 Å². The minimum atomic E-state index is -0.728. The number of carbonyl (C=O) groups excluding carboxylic acids is 2. The summed E-state index contributed by atoms with van der Waals surface area (Å²) in [6, 6.07) is -0.959. The molecular weight excluding hydrogens is 234 g/mol. The zero-order chi connectivity index (χ0) is 12.9. The molecule has 0 aliphatic heterocycles. The average Bonchev–Trinajstić information content (AvgIpc) is 2.13. The second-order valence-corrected chi connectivity index (χ2v) is 4.56. The Morgan fingerprint density at radius 3 is 2.25 bits per heavy atom. The van der Waals surface area contributed by atoms with Crippen molar-refractivity contribution in [3.8, 4) is 0 Å². The fourth-order valence-corrected chi connectivity index (χ4v) is 0.932. The van der Waals surface area contributed by atoms with E-state index < -0.39 is 23.7 Å². The highest BCUT2D eigenvalue weighted by molar-refractivity contribution is 6.17. The Kier molecular flexibility index (Phi) is 5.58. The van der Waals surface area contributed by atoms with Crippen LogP contribution in [0.25, 0.3) is 0 Å². The maximum atomic E-state index is 11.6.